The summed E-state index contributed by atoms with van der Waals surface area (Å²) in [5, 5.41) is 11.4. The van der Waals surface area contributed by atoms with E-state index in [9.17, 15) is 30.7 Å². The first-order valence-corrected chi connectivity index (χ1v) is 11.1. The second-order valence-corrected chi connectivity index (χ2v) is 8.91. The van der Waals surface area contributed by atoms with Gasteiger partial charge in [0.05, 0.1) is 12.1 Å². The Balaban J connectivity index is 2.15. The van der Waals surface area contributed by atoms with E-state index in [4.69, 9.17) is 5.11 Å². The standard InChI is InChI=1S/C16H17N3O8S2/c20-15(21)7-10-18-8-2-9-19(17-18)13-6-5-11-12(16(13)29(25,26)27)3-1-4-14(11)28(22,23)24/h1-6,9,17H,7-8,10H2,(H,20,21)(H,22,23,24)(H,25,26,27). The Morgan fingerprint density at radius 1 is 1.03 bits per heavy atom. The van der Waals surface area contributed by atoms with Gasteiger partial charge in [0.25, 0.3) is 20.2 Å². The number of hydrogen-bond acceptors (Lipinski definition) is 8. The van der Waals surface area contributed by atoms with Gasteiger partial charge in [-0.1, -0.05) is 24.3 Å². The first-order chi connectivity index (χ1) is 13.5. The average molecular weight is 443 g/mol. The highest BCUT2D eigenvalue weighted by Gasteiger charge is 2.27. The molecule has 29 heavy (non-hydrogen) atoms. The van der Waals surface area contributed by atoms with E-state index in [-0.39, 0.29) is 29.4 Å². The fourth-order valence-corrected chi connectivity index (χ4v) is 4.58. The molecule has 1 aliphatic rings. The van der Waals surface area contributed by atoms with Crippen LogP contribution in [0.2, 0.25) is 0 Å². The molecule has 2 aromatic rings. The van der Waals surface area contributed by atoms with Gasteiger partial charge in [-0.05, 0) is 12.1 Å². The van der Waals surface area contributed by atoms with Crippen molar-refractivity contribution in [3.63, 3.8) is 0 Å². The fraction of sp³-hybridized carbons (Fsp3) is 0.188. The Morgan fingerprint density at radius 2 is 1.76 bits per heavy atom. The Morgan fingerprint density at radius 3 is 2.38 bits per heavy atom. The second-order valence-electron chi connectivity index (χ2n) is 6.16. The number of nitrogens with zero attached hydrogens (tertiary/aromatic N) is 2. The van der Waals surface area contributed by atoms with Crippen molar-refractivity contribution in [1.29, 1.82) is 0 Å². The summed E-state index contributed by atoms with van der Waals surface area (Å²) in [6.07, 6.45) is 2.97. The van der Waals surface area contributed by atoms with Crippen molar-refractivity contribution in [2.24, 2.45) is 0 Å². The lowest BCUT2D eigenvalue weighted by atomic mass is 10.1. The third kappa shape index (κ3) is 4.55. The quantitative estimate of drug-likeness (QED) is 0.468. The molecule has 13 heteroatoms. The summed E-state index contributed by atoms with van der Waals surface area (Å²) < 4.78 is 66.8. The molecule has 0 amide bonds. The number of carboxylic acids is 1. The number of carbonyl (C=O) groups is 1. The van der Waals surface area contributed by atoms with E-state index in [2.05, 4.69) is 5.53 Å². The smallest absolute Gasteiger partial charge is 0.304 e. The normalized spacial score (nSPS) is 15.7. The third-order valence-electron chi connectivity index (χ3n) is 4.17. The van der Waals surface area contributed by atoms with Crippen molar-refractivity contribution in [3.05, 3.63) is 42.6 Å². The van der Waals surface area contributed by atoms with Gasteiger partial charge in [-0.3, -0.25) is 18.9 Å². The van der Waals surface area contributed by atoms with Gasteiger partial charge in [-0.25, -0.2) is 5.01 Å². The van der Waals surface area contributed by atoms with Gasteiger partial charge in [0.1, 0.15) is 9.79 Å². The van der Waals surface area contributed by atoms with E-state index in [0.717, 1.165) is 6.07 Å². The maximum atomic E-state index is 12.1. The molecular weight excluding hydrogens is 426 g/mol. The van der Waals surface area contributed by atoms with Crippen LogP contribution in [0.4, 0.5) is 5.69 Å². The van der Waals surface area contributed by atoms with Gasteiger partial charge in [-0.15, -0.1) is 0 Å². The summed E-state index contributed by atoms with van der Waals surface area (Å²) in [5.74, 6) is -1.00. The van der Waals surface area contributed by atoms with E-state index in [1.165, 1.54) is 40.5 Å². The van der Waals surface area contributed by atoms with Crippen molar-refractivity contribution in [2.75, 3.05) is 18.1 Å². The largest absolute Gasteiger partial charge is 0.481 e. The lowest BCUT2D eigenvalue weighted by Crippen LogP contribution is -2.51. The number of benzene rings is 2. The van der Waals surface area contributed by atoms with Crippen LogP contribution in [-0.2, 0) is 25.0 Å². The zero-order valence-corrected chi connectivity index (χ0v) is 16.4. The van der Waals surface area contributed by atoms with Gasteiger partial charge in [0.2, 0.25) is 0 Å². The molecule has 0 bridgehead atoms. The summed E-state index contributed by atoms with van der Waals surface area (Å²) >= 11 is 0. The van der Waals surface area contributed by atoms with E-state index < -0.39 is 36.0 Å². The zero-order valence-electron chi connectivity index (χ0n) is 14.8. The van der Waals surface area contributed by atoms with Crippen LogP contribution >= 0.6 is 0 Å². The molecule has 1 heterocycles. The SMILES string of the molecule is O=C(O)CCN1CC=CN(c2ccc3c(S(=O)(=O)O)cccc3c2S(=O)(=O)O)N1. The summed E-state index contributed by atoms with van der Waals surface area (Å²) in [5.41, 5.74) is 2.80. The van der Waals surface area contributed by atoms with Crippen molar-refractivity contribution in [2.45, 2.75) is 16.2 Å². The number of carboxylic acid groups (broad SMARTS) is 1. The molecular formula is C16H17N3O8S2. The molecule has 0 saturated carbocycles. The van der Waals surface area contributed by atoms with Gasteiger partial charge in [-0.2, -0.15) is 22.4 Å². The topological polar surface area (TPSA) is 165 Å². The number of fused-ring (bicyclic) bond motifs is 1. The number of nitrogens with one attached hydrogen (secondary N) is 1. The van der Waals surface area contributed by atoms with Crippen molar-refractivity contribution in [3.8, 4) is 0 Å². The van der Waals surface area contributed by atoms with Crippen LogP contribution < -0.4 is 10.5 Å². The molecule has 0 aromatic heterocycles. The molecule has 11 nitrogen and oxygen atoms in total. The average Bonchev–Trinajstić information content (AvgIpc) is 2.63. The first-order valence-electron chi connectivity index (χ1n) is 8.18. The van der Waals surface area contributed by atoms with Crippen LogP contribution in [0.1, 0.15) is 6.42 Å². The van der Waals surface area contributed by atoms with Crippen LogP contribution in [0, 0.1) is 0 Å². The van der Waals surface area contributed by atoms with Gasteiger partial charge >= 0.3 is 5.97 Å². The van der Waals surface area contributed by atoms with Crippen LogP contribution in [0.15, 0.2) is 52.4 Å². The lowest BCUT2D eigenvalue weighted by molar-refractivity contribution is -0.137. The lowest BCUT2D eigenvalue weighted by Gasteiger charge is -2.34. The molecule has 0 unspecified atom stereocenters. The number of hydrogen-bond donors (Lipinski definition) is 4. The van der Waals surface area contributed by atoms with Crippen molar-refractivity contribution >= 4 is 42.7 Å². The molecule has 0 aliphatic carbocycles. The molecule has 3 rings (SSSR count). The van der Waals surface area contributed by atoms with Crippen LogP contribution in [0.5, 0.6) is 0 Å². The predicted octanol–water partition coefficient (Wildman–Crippen LogP) is 0.863. The zero-order chi connectivity index (χ0) is 21.4. The summed E-state index contributed by atoms with van der Waals surface area (Å²) in [6, 6.07) is 6.21. The first kappa shape index (κ1) is 21.2. The maximum Gasteiger partial charge on any atom is 0.304 e. The van der Waals surface area contributed by atoms with E-state index in [0.29, 0.717) is 6.54 Å². The highest BCUT2D eigenvalue weighted by molar-refractivity contribution is 7.86. The molecule has 0 atom stereocenters. The molecule has 0 radical (unpaired) electrons. The van der Waals surface area contributed by atoms with Crippen LogP contribution in [0.3, 0.4) is 0 Å². The van der Waals surface area contributed by atoms with Crippen LogP contribution in [0.25, 0.3) is 10.8 Å². The molecule has 1 aliphatic heterocycles. The van der Waals surface area contributed by atoms with Crippen molar-refractivity contribution < 1.29 is 35.8 Å². The van der Waals surface area contributed by atoms with E-state index in [1.54, 1.807) is 6.08 Å². The fourth-order valence-electron chi connectivity index (χ4n) is 2.99. The molecule has 0 spiro atoms. The Labute approximate surface area is 166 Å². The monoisotopic (exact) mass is 443 g/mol. The molecule has 2 aromatic carbocycles. The highest BCUT2D eigenvalue weighted by atomic mass is 32.2. The summed E-state index contributed by atoms with van der Waals surface area (Å²) in [4.78, 5) is 9.70. The summed E-state index contributed by atoms with van der Waals surface area (Å²) in [6.45, 7) is 0.476. The van der Waals surface area contributed by atoms with Crippen LogP contribution in [-0.4, -0.2) is 55.1 Å². The maximum absolute atomic E-state index is 12.1. The minimum Gasteiger partial charge on any atom is -0.481 e. The van der Waals surface area contributed by atoms with E-state index in [1.807, 2.05) is 0 Å². The summed E-state index contributed by atoms with van der Waals surface area (Å²) in [7, 11) is -9.46. The number of anilines is 1. The predicted molar refractivity (Wildman–Crippen MR) is 102 cm³/mol. The second kappa shape index (κ2) is 7.70. The van der Waals surface area contributed by atoms with Gasteiger partial charge in [0.15, 0.2) is 0 Å². The molecule has 4 N–H and O–H groups in total. The highest BCUT2D eigenvalue weighted by Crippen LogP contribution is 2.35. The number of rotatable bonds is 6. The number of aliphatic carboxylic acids is 1. The minimum absolute atomic E-state index is 0.0243. The molecule has 156 valence electrons. The Hall–Kier alpha value is -2.55. The number of hydrazine groups is 2. The van der Waals surface area contributed by atoms with E-state index >= 15 is 0 Å². The Kier molecular flexibility index (Phi) is 5.62. The molecule has 0 saturated heterocycles. The van der Waals surface area contributed by atoms with Crippen molar-refractivity contribution in [1.82, 2.24) is 10.5 Å². The third-order valence-corrected chi connectivity index (χ3v) is 6.03. The minimum atomic E-state index is -4.82. The van der Waals surface area contributed by atoms with Gasteiger partial charge < -0.3 is 5.11 Å². The molecule has 0 fully saturated rings. The van der Waals surface area contributed by atoms with Gasteiger partial charge in [0, 0.05) is 30.1 Å². The Bertz CT molecular complexity index is 1210.